The Kier molecular flexibility index (Phi) is 5.76. The van der Waals surface area contributed by atoms with E-state index in [-0.39, 0.29) is 29.5 Å². The second kappa shape index (κ2) is 8.86. The summed E-state index contributed by atoms with van der Waals surface area (Å²) in [7, 11) is 0. The topological polar surface area (TPSA) is 87.6 Å². The fourth-order valence-corrected chi connectivity index (χ4v) is 5.05. The van der Waals surface area contributed by atoms with E-state index in [2.05, 4.69) is 4.98 Å². The van der Waals surface area contributed by atoms with Crippen LogP contribution in [0.2, 0.25) is 0 Å². The molecule has 3 aromatic rings. The third kappa shape index (κ3) is 4.18. The largest absolute Gasteiger partial charge is 0.342 e. The third-order valence-electron chi connectivity index (χ3n) is 6.94. The van der Waals surface area contributed by atoms with Gasteiger partial charge in [0.1, 0.15) is 6.61 Å². The van der Waals surface area contributed by atoms with Crippen molar-refractivity contribution in [3.8, 4) is 0 Å². The number of fused-ring (bicyclic) bond motifs is 1. The van der Waals surface area contributed by atoms with Crippen LogP contribution in [-0.2, 0) is 27.6 Å². The maximum atomic E-state index is 12.9. The van der Waals surface area contributed by atoms with Gasteiger partial charge in [-0.05, 0) is 37.0 Å². The number of piperidine rings is 1. The van der Waals surface area contributed by atoms with Gasteiger partial charge in [-0.2, -0.15) is 0 Å². The lowest BCUT2D eigenvalue weighted by atomic mass is 9.86. The summed E-state index contributed by atoms with van der Waals surface area (Å²) in [4.78, 5) is 48.3. The lowest BCUT2D eigenvalue weighted by Crippen LogP contribution is -2.54. The molecule has 2 amide bonds. The molecular weight excluding hydrogens is 420 g/mol. The van der Waals surface area contributed by atoms with Crippen molar-refractivity contribution >= 4 is 22.8 Å². The zero-order chi connectivity index (χ0) is 22.8. The molecule has 2 aliphatic rings. The molecule has 8 nitrogen and oxygen atoms in total. The average molecular weight is 449 g/mol. The molecule has 1 N–H and O–H groups in total. The highest BCUT2D eigenvalue weighted by atomic mass is 16.7. The van der Waals surface area contributed by atoms with Crippen LogP contribution in [-0.4, -0.2) is 50.0 Å². The number of nitrogens with one attached hydrogen (secondary N) is 1. The van der Waals surface area contributed by atoms with Crippen LogP contribution in [0.5, 0.6) is 0 Å². The summed E-state index contributed by atoms with van der Waals surface area (Å²) in [6, 6.07) is 17.3. The second-order valence-electron chi connectivity index (χ2n) is 8.90. The summed E-state index contributed by atoms with van der Waals surface area (Å²) in [5.41, 5.74) is 2.07. The standard InChI is InChI=1S/C25H28N4O4/c30-22(11-15-28-21-9-5-4-8-20(21)26-24(28)32)27-16-13-25(14-17-27)12-10-23(31)29(25)33-18-19-6-2-1-3-7-19/h1-9H,10-18H2,(H,26,32). The summed E-state index contributed by atoms with van der Waals surface area (Å²) in [5.74, 6) is 0.0486. The van der Waals surface area contributed by atoms with Gasteiger partial charge in [0.2, 0.25) is 11.8 Å². The van der Waals surface area contributed by atoms with E-state index in [9.17, 15) is 14.4 Å². The van der Waals surface area contributed by atoms with Crippen LogP contribution in [0.15, 0.2) is 59.4 Å². The summed E-state index contributed by atoms with van der Waals surface area (Å²) >= 11 is 0. The van der Waals surface area contributed by atoms with Gasteiger partial charge >= 0.3 is 5.69 Å². The highest BCUT2D eigenvalue weighted by Crippen LogP contribution is 2.39. The number of nitrogens with zero attached hydrogens (tertiary/aromatic N) is 3. The Balaban J connectivity index is 1.19. The van der Waals surface area contributed by atoms with Crippen molar-refractivity contribution in [2.75, 3.05) is 13.1 Å². The SMILES string of the molecule is O=C(CCn1c(=O)[nH]c2ccccc21)N1CCC2(CCC(=O)N2OCc2ccccc2)CC1. The number of hydroxylamine groups is 2. The molecule has 2 aliphatic heterocycles. The maximum Gasteiger partial charge on any atom is 0.326 e. The number of para-hydroxylation sites is 2. The number of imidazole rings is 1. The Labute approximate surface area is 191 Å². The molecule has 0 aliphatic carbocycles. The number of rotatable bonds is 6. The summed E-state index contributed by atoms with van der Waals surface area (Å²) in [6.07, 6.45) is 2.90. The number of likely N-dealkylation sites (tertiary alicyclic amines) is 1. The van der Waals surface area contributed by atoms with Gasteiger partial charge in [0.25, 0.3) is 0 Å². The molecule has 1 spiro atoms. The molecule has 3 heterocycles. The second-order valence-corrected chi connectivity index (χ2v) is 8.90. The monoisotopic (exact) mass is 448 g/mol. The molecule has 8 heteroatoms. The van der Waals surface area contributed by atoms with Gasteiger partial charge < -0.3 is 9.88 Å². The van der Waals surface area contributed by atoms with E-state index >= 15 is 0 Å². The Bertz CT molecular complexity index is 1210. The minimum atomic E-state index is -0.337. The predicted molar refractivity (Wildman–Crippen MR) is 123 cm³/mol. The van der Waals surface area contributed by atoms with Gasteiger partial charge in [-0.25, -0.2) is 9.86 Å². The third-order valence-corrected chi connectivity index (χ3v) is 6.94. The first-order valence-electron chi connectivity index (χ1n) is 11.5. The number of amides is 2. The molecule has 2 saturated heterocycles. The van der Waals surface area contributed by atoms with Crippen molar-refractivity contribution < 1.29 is 14.4 Å². The fraction of sp³-hybridized carbons (Fsp3) is 0.400. The van der Waals surface area contributed by atoms with E-state index in [1.807, 2.05) is 59.5 Å². The quantitative estimate of drug-likeness (QED) is 0.628. The highest BCUT2D eigenvalue weighted by molar-refractivity contribution is 5.79. The van der Waals surface area contributed by atoms with Crippen molar-refractivity contribution in [2.24, 2.45) is 0 Å². The summed E-state index contributed by atoms with van der Waals surface area (Å²) in [5, 5.41) is 1.59. The first kappa shape index (κ1) is 21.5. The first-order valence-corrected chi connectivity index (χ1v) is 11.5. The van der Waals surface area contributed by atoms with Gasteiger partial charge in [-0.1, -0.05) is 42.5 Å². The van der Waals surface area contributed by atoms with Crippen LogP contribution in [0.4, 0.5) is 0 Å². The van der Waals surface area contributed by atoms with Crippen molar-refractivity contribution in [2.45, 2.75) is 50.8 Å². The van der Waals surface area contributed by atoms with Crippen molar-refractivity contribution in [1.82, 2.24) is 19.5 Å². The lowest BCUT2D eigenvalue weighted by Gasteiger charge is -2.43. The molecule has 0 atom stereocenters. The molecule has 5 rings (SSSR count). The number of aromatic amines is 1. The number of H-pyrrole nitrogens is 1. The smallest absolute Gasteiger partial charge is 0.326 e. The van der Waals surface area contributed by atoms with Crippen LogP contribution < -0.4 is 5.69 Å². The number of carbonyl (C=O) groups excluding carboxylic acids is 2. The molecule has 0 saturated carbocycles. The fourth-order valence-electron chi connectivity index (χ4n) is 5.05. The molecule has 0 unspecified atom stereocenters. The van der Waals surface area contributed by atoms with Crippen molar-refractivity contribution in [1.29, 1.82) is 0 Å². The van der Waals surface area contributed by atoms with Gasteiger partial charge in [-0.15, -0.1) is 0 Å². The van der Waals surface area contributed by atoms with Crippen molar-refractivity contribution in [3.63, 3.8) is 0 Å². The van der Waals surface area contributed by atoms with E-state index in [1.165, 1.54) is 0 Å². The Morgan fingerprint density at radius 3 is 2.48 bits per heavy atom. The minimum Gasteiger partial charge on any atom is -0.342 e. The zero-order valence-corrected chi connectivity index (χ0v) is 18.5. The first-order chi connectivity index (χ1) is 16.1. The van der Waals surface area contributed by atoms with Crippen LogP contribution >= 0.6 is 0 Å². The molecule has 172 valence electrons. The van der Waals surface area contributed by atoms with Crippen LogP contribution in [0.1, 0.15) is 37.7 Å². The molecule has 1 aromatic heterocycles. The van der Waals surface area contributed by atoms with E-state index in [4.69, 9.17) is 4.84 Å². The molecule has 2 aromatic carbocycles. The Morgan fingerprint density at radius 1 is 0.970 bits per heavy atom. The number of hydrogen-bond acceptors (Lipinski definition) is 4. The predicted octanol–water partition coefficient (Wildman–Crippen LogP) is 2.84. The number of hydrogen-bond donors (Lipinski definition) is 1. The number of benzene rings is 2. The van der Waals surface area contributed by atoms with E-state index in [0.717, 1.165) is 23.0 Å². The Morgan fingerprint density at radius 2 is 1.70 bits per heavy atom. The summed E-state index contributed by atoms with van der Waals surface area (Å²) < 4.78 is 1.62. The Hall–Kier alpha value is -3.39. The number of carbonyl (C=O) groups is 2. The van der Waals surface area contributed by atoms with Gasteiger partial charge in [0.05, 0.1) is 16.6 Å². The average Bonchev–Trinajstić information content (AvgIpc) is 3.32. The number of aromatic nitrogens is 2. The van der Waals surface area contributed by atoms with Gasteiger partial charge in [0.15, 0.2) is 0 Å². The minimum absolute atomic E-state index is 0.0180. The maximum absolute atomic E-state index is 12.9. The number of aryl methyl sites for hydroxylation is 1. The van der Waals surface area contributed by atoms with E-state index in [0.29, 0.717) is 45.5 Å². The van der Waals surface area contributed by atoms with E-state index < -0.39 is 0 Å². The molecular formula is C25H28N4O4. The zero-order valence-electron chi connectivity index (χ0n) is 18.5. The lowest BCUT2D eigenvalue weighted by molar-refractivity contribution is -0.222. The van der Waals surface area contributed by atoms with Crippen molar-refractivity contribution in [3.05, 3.63) is 70.6 Å². The van der Waals surface area contributed by atoms with Gasteiger partial charge in [0, 0.05) is 32.5 Å². The van der Waals surface area contributed by atoms with Gasteiger partial charge in [-0.3, -0.25) is 19.0 Å². The molecule has 2 fully saturated rings. The molecule has 33 heavy (non-hydrogen) atoms. The molecule has 0 bridgehead atoms. The van der Waals surface area contributed by atoms with E-state index in [1.54, 1.807) is 9.63 Å². The van der Waals surface area contributed by atoms with Crippen LogP contribution in [0.25, 0.3) is 11.0 Å². The normalized spacial score (nSPS) is 17.9. The summed E-state index contributed by atoms with van der Waals surface area (Å²) in [6.45, 7) is 1.87. The molecule has 0 radical (unpaired) electrons. The highest BCUT2D eigenvalue weighted by Gasteiger charge is 2.48. The van der Waals surface area contributed by atoms with Crippen LogP contribution in [0, 0.1) is 0 Å². The van der Waals surface area contributed by atoms with Crippen LogP contribution in [0.3, 0.4) is 0 Å².